The van der Waals surface area contributed by atoms with Crippen LogP contribution in [-0.2, 0) is 0 Å². The van der Waals surface area contributed by atoms with Crippen LogP contribution in [0.5, 0.6) is 11.5 Å². The number of benzene rings is 1. The number of ether oxygens (including phenoxy) is 2. The van der Waals surface area contributed by atoms with Crippen LogP contribution in [0.1, 0.15) is 43.0 Å². The van der Waals surface area contributed by atoms with Gasteiger partial charge in [-0.2, -0.15) is 0 Å². The lowest BCUT2D eigenvalue weighted by Gasteiger charge is -2.30. The van der Waals surface area contributed by atoms with Crippen molar-refractivity contribution in [3.05, 3.63) is 23.8 Å². The molecular weight excluding hydrogens is 292 g/mol. The Morgan fingerprint density at radius 1 is 1.11 bits per heavy atom. The fourth-order valence-corrected chi connectivity index (χ4v) is 3.59. The van der Waals surface area contributed by atoms with Gasteiger partial charge >= 0.3 is 0 Å². The highest BCUT2D eigenvalue weighted by molar-refractivity contribution is 9.09. The van der Waals surface area contributed by atoms with Crippen LogP contribution in [0.15, 0.2) is 18.2 Å². The molecule has 1 unspecified atom stereocenters. The molecule has 1 atom stereocenters. The number of halogens is 1. The normalized spacial score (nSPS) is 19.6. The minimum absolute atomic E-state index is 0.361. The van der Waals surface area contributed by atoms with Gasteiger partial charge in [0.2, 0.25) is 0 Å². The Bertz CT molecular complexity index is 411. The molecule has 0 N–H and O–H groups in total. The minimum atomic E-state index is 0.361. The topological polar surface area (TPSA) is 18.5 Å². The SMILES string of the molecule is COc1ccc(C(Br)C2(C)CCCC2)cc1OC. The second-order valence-corrected chi connectivity index (χ2v) is 6.25. The van der Waals surface area contributed by atoms with Crippen LogP contribution in [0.3, 0.4) is 0 Å². The highest BCUT2D eigenvalue weighted by atomic mass is 79.9. The first-order valence-electron chi connectivity index (χ1n) is 6.47. The molecule has 0 aromatic heterocycles. The van der Waals surface area contributed by atoms with Crippen molar-refractivity contribution < 1.29 is 9.47 Å². The second-order valence-electron chi connectivity index (χ2n) is 5.34. The van der Waals surface area contributed by atoms with Gasteiger partial charge in [0.1, 0.15) is 0 Å². The maximum absolute atomic E-state index is 5.38. The van der Waals surface area contributed by atoms with E-state index in [2.05, 4.69) is 35.0 Å². The lowest BCUT2D eigenvalue weighted by atomic mass is 9.82. The molecule has 2 nitrogen and oxygen atoms in total. The largest absolute Gasteiger partial charge is 0.493 e. The average Bonchev–Trinajstić information content (AvgIpc) is 2.85. The summed E-state index contributed by atoms with van der Waals surface area (Å²) in [5, 5.41) is 0. The number of hydrogen-bond acceptors (Lipinski definition) is 2. The zero-order valence-corrected chi connectivity index (χ0v) is 12.9. The first-order chi connectivity index (χ1) is 8.60. The number of alkyl halides is 1. The third-order valence-corrected chi connectivity index (χ3v) is 5.69. The first kappa shape index (κ1) is 13.7. The first-order valence-corrected chi connectivity index (χ1v) is 7.38. The molecule has 18 heavy (non-hydrogen) atoms. The van der Waals surface area contributed by atoms with E-state index in [-0.39, 0.29) is 0 Å². The summed E-state index contributed by atoms with van der Waals surface area (Å²) >= 11 is 3.88. The highest BCUT2D eigenvalue weighted by Crippen LogP contribution is 2.52. The Hall–Kier alpha value is -0.700. The maximum atomic E-state index is 5.38. The van der Waals surface area contributed by atoms with E-state index < -0.39 is 0 Å². The predicted molar refractivity (Wildman–Crippen MR) is 77.8 cm³/mol. The van der Waals surface area contributed by atoms with Gasteiger partial charge in [-0.05, 0) is 36.0 Å². The summed E-state index contributed by atoms with van der Waals surface area (Å²) in [4.78, 5) is 0.382. The lowest BCUT2D eigenvalue weighted by Crippen LogP contribution is -2.17. The summed E-state index contributed by atoms with van der Waals surface area (Å²) in [5.74, 6) is 1.60. The van der Waals surface area contributed by atoms with Gasteiger partial charge in [-0.25, -0.2) is 0 Å². The van der Waals surface area contributed by atoms with E-state index in [1.165, 1.54) is 31.2 Å². The van der Waals surface area contributed by atoms with Crippen molar-refractivity contribution >= 4 is 15.9 Å². The molecule has 1 aromatic rings. The van der Waals surface area contributed by atoms with Gasteiger partial charge in [-0.3, -0.25) is 0 Å². The summed E-state index contributed by atoms with van der Waals surface area (Å²) in [5.41, 5.74) is 1.64. The summed E-state index contributed by atoms with van der Waals surface area (Å²) < 4.78 is 10.7. The van der Waals surface area contributed by atoms with Crippen molar-refractivity contribution in [1.82, 2.24) is 0 Å². The van der Waals surface area contributed by atoms with E-state index in [1.807, 2.05) is 6.07 Å². The van der Waals surface area contributed by atoms with Gasteiger partial charge < -0.3 is 9.47 Å². The average molecular weight is 313 g/mol. The summed E-state index contributed by atoms with van der Waals surface area (Å²) in [6.45, 7) is 2.37. The van der Waals surface area contributed by atoms with Gasteiger partial charge in [0.25, 0.3) is 0 Å². The smallest absolute Gasteiger partial charge is 0.161 e. The Labute approximate surface area is 118 Å². The van der Waals surface area contributed by atoms with Crippen molar-refractivity contribution in [2.24, 2.45) is 5.41 Å². The molecule has 0 amide bonds. The molecule has 1 aromatic carbocycles. The van der Waals surface area contributed by atoms with Crippen LogP contribution in [0, 0.1) is 5.41 Å². The zero-order valence-electron chi connectivity index (χ0n) is 11.3. The van der Waals surface area contributed by atoms with Gasteiger partial charge in [0.15, 0.2) is 11.5 Å². The van der Waals surface area contributed by atoms with Crippen molar-refractivity contribution in [2.45, 2.75) is 37.4 Å². The van der Waals surface area contributed by atoms with Gasteiger partial charge in [0, 0.05) is 4.83 Å². The van der Waals surface area contributed by atoms with Crippen LogP contribution in [0.2, 0.25) is 0 Å². The molecule has 0 heterocycles. The van der Waals surface area contributed by atoms with Crippen LogP contribution < -0.4 is 9.47 Å². The van der Waals surface area contributed by atoms with E-state index in [0.717, 1.165) is 11.5 Å². The molecule has 1 fully saturated rings. The molecule has 2 rings (SSSR count). The molecule has 1 aliphatic rings. The molecule has 0 aliphatic heterocycles. The minimum Gasteiger partial charge on any atom is -0.493 e. The summed E-state index contributed by atoms with van der Waals surface area (Å²) in [6.07, 6.45) is 5.26. The molecular formula is C15H21BrO2. The molecule has 0 saturated heterocycles. The molecule has 0 radical (unpaired) electrons. The van der Waals surface area contributed by atoms with E-state index >= 15 is 0 Å². The number of methoxy groups -OCH3 is 2. The quantitative estimate of drug-likeness (QED) is 0.749. The Balaban J connectivity index is 2.27. The second kappa shape index (κ2) is 5.52. The van der Waals surface area contributed by atoms with Crippen molar-refractivity contribution in [3.8, 4) is 11.5 Å². The molecule has 3 heteroatoms. The van der Waals surface area contributed by atoms with Crippen LogP contribution in [0.4, 0.5) is 0 Å². The van der Waals surface area contributed by atoms with Gasteiger partial charge in [-0.1, -0.05) is 41.8 Å². The van der Waals surface area contributed by atoms with Crippen LogP contribution in [-0.4, -0.2) is 14.2 Å². The Morgan fingerprint density at radius 2 is 1.72 bits per heavy atom. The highest BCUT2D eigenvalue weighted by Gasteiger charge is 2.36. The summed E-state index contributed by atoms with van der Waals surface area (Å²) in [6, 6.07) is 6.20. The van der Waals surface area contributed by atoms with Gasteiger partial charge in [0.05, 0.1) is 14.2 Å². The standard InChI is InChI=1S/C15H21BrO2/c1-15(8-4-5-9-15)14(16)11-6-7-12(17-2)13(10-11)18-3/h6-7,10,14H,4-5,8-9H2,1-3H3. The molecule has 100 valence electrons. The summed E-state index contributed by atoms with van der Waals surface area (Å²) in [7, 11) is 3.35. The van der Waals surface area contributed by atoms with E-state index in [4.69, 9.17) is 9.47 Å². The monoisotopic (exact) mass is 312 g/mol. The van der Waals surface area contributed by atoms with E-state index in [9.17, 15) is 0 Å². The van der Waals surface area contributed by atoms with Crippen LogP contribution in [0.25, 0.3) is 0 Å². The molecule has 1 saturated carbocycles. The van der Waals surface area contributed by atoms with Crippen molar-refractivity contribution in [3.63, 3.8) is 0 Å². The fraction of sp³-hybridized carbons (Fsp3) is 0.600. The predicted octanol–water partition coefficient (Wildman–Crippen LogP) is 4.72. The fourth-order valence-electron chi connectivity index (χ4n) is 2.85. The number of rotatable bonds is 4. The molecule has 0 spiro atoms. The van der Waals surface area contributed by atoms with Crippen LogP contribution >= 0.6 is 15.9 Å². The third kappa shape index (κ3) is 2.51. The zero-order chi connectivity index (χ0) is 13.2. The van der Waals surface area contributed by atoms with Crippen molar-refractivity contribution in [2.75, 3.05) is 14.2 Å². The Morgan fingerprint density at radius 3 is 2.28 bits per heavy atom. The molecule has 0 bridgehead atoms. The van der Waals surface area contributed by atoms with Crippen molar-refractivity contribution in [1.29, 1.82) is 0 Å². The molecule has 1 aliphatic carbocycles. The third-order valence-electron chi connectivity index (χ3n) is 4.06. The van der Waals surface area contributed by atoms with E-state index in [0.29, 0.717) is 10.2 Å². The number of hydrogen-bond donors (Lipinski definition) is 0. The van der Waals surface area contributed by atoms with Gasteiger partial charge in [-0.15, -0.1) is 0 Å². The van der Waals surface area contributed by atoms with E-state index in [1.54, 1.807) is 14.2 Å². The Kier molecular flexibility index (Phi) is 4.21. The lowest BCUT2D eigenvalue weighted by molar-refractivity contribution is 0.328. The maximum Gasteiger partial charge on any atom is 0.161 e.